The van der Waals surface area contributed by atoms with E-state index in [9.17, 15) is 18.0 Å². The smallest absolute Gasteiger partial charge is 0.490 e. The SMILES string of the molecule is Cc1cc(N[C@@H](Cc2ccccc2)C(=O)NCCc2ccccc2)nc(NCCOc2ccccc2)n1.O=C(O)C(F)(F)F. The second-order valence-corrected chi connectivity index (χ2v) is 9.52. The summed E-state index contributed by atoms with van der Waals surface area (Å²) in [7, 11) is 0. The van der Waals surface area contributed by atoms with Crippen LogP contribution in [0.3, 0.4) is 0 Å². The Morgan fingerprint density at radius 1 is 0.864 bits per heavy atom. The van der Waals surface area contributed by atoms with E-state index in [4.69, 9.17) is 14.6 Å². The summed E-state index contributed by atoms with van der Waals surface area (Å²) in [4.78, 5) is 31.2. The topological polar surface area (TPSA) is 125 Å². The number of carbonyl (C=O) groups is 2. The molecule has 0 aliphatic carbocycles. The van der Waals surface area contributed by atoms with E-state index in [1.165, 1.54) is 5.56 Å². The van der Waals surface area contributed by atoms with Crippen LogP contribution in [-0.2, 0) is 22.4 Å². The van der Waals surface area contributed by atoms with Crippen molar-refractivity contribution < 1.29 is 32.6 Å². The highest BCUT2D eigenvalue weighted by atomic mass is 19.4. The number of carboxylic acids is 1. The molecule has 1 amide bonds. The second kappa shape index (κ2) is 17.1. The first-order valence-electron chi connectivity index (χ1n) is 13.8. The number of aliphatic carboxylic acids is 1. The molecule has 232 valence electrons. The molecule has 3 aromatic carbocycles. The predicted molar refractivity (Wildman–Crippen MR) is 162 cm³/mol. The maximum absolute atomic E-state index is 13.2. The third kappa shape index (κ3) is 12.4. The van der Waals surface area contributed by atoms with Crippen molar-refractivity contribution in [2.24, 2.45) is 0 Å². The zero-order valence-corrected chi connectivity index (χ0v) is 24.1. The number of amides is 1. The van der Waals surface area contributed by atoms with Crippen molar-refractivity contribution in [3.8, 4) is 5.75 Å². The first kappa shape index (κ1) is 33.4. The zero-order chi connectivity index (χ0) is 31.8. The van der Waals surface area contributed by atoms with E-state index < -0.39 is 18.2 Å². The van der Waals surface area contributed by atoms with Gasteiger partial charge in [0.25, 0.3) is 0 Å². The van der Waals surface area contributed by atoms with Crippen LogP contribution in [0.2, 0.25) is 0 Å². The van der Waals surface area contributed by atoms with Crippen LogP contribution in [-0.4, -0.2) is 58.9 Å². The number of carbonyl (C=O) groups excluding carboxylic acids is 1. The summed E-state index contributed by atoms with van der Waals surface area (Å²) in [6, 6.07) is 31.1. The van der Waals surface area contributed by atoms with E-state index in [1.54, 1.807) is 0 Å². The Bertz CT molecular complexity index is 1440. The average Bonchev–Trinajstić information content (AvgIpc) is 3.00. The van der Waals surface area contributed by atoms with Gasteiger partial charge in [0.05, 0.1) is 6.54 Å². The number of aromatic nitrogens is 2. The molecule has 44 heavy (non-hydrogen) atoms. The molecule has 0 saturated heterocycles. The predicted octanol–water partition coefficient (Wildman–Crippen LogP) is 5.29. The Morgan fingerprint density at radius 2 is 1.43 bits per heavy atom. The standard InChI is InChI=1S/C30H33N5O2.C2HF3O2/c1-23-21-28(35-30(33-23)32-19-20-37-26-15-9-4-10-16-26)34-27(22-25-13-7-3-8-14-25)29(36)31-18-17-24-11-5-2-6-12-24;3-2(4,5)1(6)7/h2-16,21,27H,17-20,22H2,1H3,(H,31,36)(H2,32,33,34,35);(H,6,7)/t27-;/m0./s1. The monoisotopic (exact) mass is 609 g/mol. The Balaban J connectivity index is 0.000000676. The van der Waals surface area contributed by atoms with Crippen LogP contribution in [0.25, 0.3) is 0 Å². The maximum atomic E-state index is 13.2. The molecule has 4 rings (SSSR count). The van der Waals surface area contributed by atoms with Gasteiger partial charge in [-0.15, -0.1) is 0 Å². The summed E-state index contributed by atoms with van der Waals surface area (Å²) in [5, 5.41) is 16.8. The third-order valence-corrected chi connectivity index (χ3v) is 5.97. The van der Waals surface area contributed by atoms with Crippen molar-refractivity contribution in [2.75, 3.05) is 30.3 Å². The fraction of sp³-hybridized carbons (Fsp3) is 0.250. The number of hydrogen-bond donors (Lipinski definition) is 4. The average molecular weight is 610 g/mol. The maximum Gasteiger partial charge on any atom is 0.490 e. The number of nitrogens with one attached hydrogen (secondary N) is 3. The van der Waals surface area contributed by atoms with E-state index in [-0.39, 0.29) is 5.91 Å². The van der Waals surface area contributed by atoms with Crippen LogP contribution in [0.5, 0.6) is 5.75 Å². The molecule has 0 bridgehead atoms. The van der Waals surface area contributed by atoms with Crippen molar-refractivity contribution in [1.29, 1.82) is 0 Å². The fourth-order valence-corrected chi connectivity index (χ4v) is 3.91. The number of anilines is 2. The number of nitrogens with zero attached hydrogens (tertiary/aromatic N) is 2. The number of carboxylic acid groups (broad SMARTS) is 1. The normalized spacial score (nSPS) is 11.4. The molecule has 0 unspecified atom stereocenters. The van der Waals surface area contributed by atoms with Crippen LogP contribution >= 0.6 is 0 Å². The molecule has 4 aromatic rings. The summed E-state index contributed by atoms with van der Waals surface area (Å²) in [6.07, 6.45) is -3.77. The molecule has 0 spiro atoms. The van der Waals surface area contributed by atoms with Crippen molar-refractivity contribution in [3.05, 3.63) is 114 Å². The summed E-state index contributed by atoms with van der Waals surface area (Å²) in [5.74, 6) is -0.923. The Labute approximate surface area is 253 Å². The summed E-state index contributed by atoms with van der Waals surface area (Å²) in [6.45, 7) is 3.49. The molecule has 0 radical (unpaired) electrons. The Morgan fingerprint density at radius 3 is 2.02 bits per heavy atom. The van der Waals surface area contributed by atoms with Crippen molar-refractivity contribution in [1.82, 2.24) is 15.3 Å². The molecule has 9 nitrogen and oxygen atoms in total. The Hall–Kier alpha value is -5.13. The lowest BCUT2D eigenvalue weighted by molar-refractivity contribution is -0.192. The molecule has 0 fully saturated rings. The van der Waals surface area contributed by atoms with E-state index in [0.29, 0.717) is 37.9 Å². The van der Waals surface area contributed by atoms with Gasteiger partial charge in [0.1, 0.15) is 24.2 Å². The number of benzene rings is 3. The van der Waals surface area contributed by atoms with E-state index in [1.807, 2.05) is 91.9 Å². The van der Waals surface area contributed by atoms with Crippen LogP contribution in [0.15, 0.2) is 97.1 Å². The van der Waals surface area contributed by atoms with Gasteiger partial charge in [-0.2, -0.15) is 18.2 Å². The zero-order valence-electron chi connectivity index (χ0n) is 24.1. The van der Waals surface area contributed by atoms with Crippen molar-refractivity contribution in [3.63, 3.8) is 0 Å². The molecule has 0 aliphatic rings. The molecule has 0 aliphatic heterocycles. The van der Waals surface area contributed by atoms with Crippen LogP contribution in [0.4, 0.5) is 24.9 Å². The minimum Gasteiger partial charge on any atom is -0.492 e. The molecular weight excluding hydrogens is 575 g/mol. The molecule has 0 saturated carbocycles. The number of rotatable bonds is 13. The van der Waals surface area contributed by atoms with Crippen molar-refractivity contribution in [2.45, 2.75) is 32.0 Å². The quantitative estimate of drug-likeness (QED) is 0.151. The third-order valence-electron chi connectivity index (χ3n) is 5.97. The fourth-order valence-electron chi connectivity index (χ4n) is 3.91. The summed E-state index contributed by atoms with van der Waals surface area (Å²) < 4.78 is 37.5. The molecule has 4 N–H and O–H groups in total. The van der Waals surface area contributed by atoms with Gasteiger partial charge in [-0.25, -0.2) is 9.78 Å². The summed E-state index contributed by atoms with van der Waals surface area (Å²) >= 11 is 0. The first-order valence-corrected chi connectivity index (χ1v) is 13.8. The molecular formula is C32H34F3N5O4. The van der Waals surface area contributed by atoms with Crippen LogP contribution < -0.4 is 20.7 Å². The molecule has 12 heteroatoms. The lowest BCUT2D eigenvalue weighted by atomic mass is 10.0. The largest absolute Gasteiger partial charge is 0.492 e. The van der Waals surface area contributed by atoms with Gasteiger partial charge in [-0.1, -0.05) is 78.9 Å². The number of halogens is 3. The van der Waals surface area contributed by atoms with Crippen molar-refractivity contribution >= 4 is 23.6 Å². The van der Waals surface area contributed by atoms with Gasteiger partial charge in [0.15, 0.2) is 0 Å². The minimum absolute atomic E-state index is 0.0678. The second-order valence-electron chi connectivity index (χ2n) is 9.52. The van der Waals surface area contributed by atoms with Crippen LogP contribution in [0.1, 0.15) is 16.8 Å². The van der Waals surface area contributed by atoms with Gasteiger partial charge < -0.3 is 25.8 Å². The number of hydrogen-bond acceptors (Lipinski definition) is 7. The lowest BCUT2D eigenvalue weighted by Crippen LogP contribution is -2.42. The van der Waals surface area contributed by atoms with Gasteiger partial charge >= 0.3 is 12.1 Å². The van der Waals surface area contributed by atoms with Gasteiger partial charge in [0, 0.05) is 24.7 Å². The summed E-state index contributed by atoms with van der Waals surface area (Å²) in [5.41, 5.74) is 3.06. The van der Waals surface area contributed by atoms with E-state index in [2.05, 4.69) is 38.1 Å². The number of aryl methyl sites for hydroxylation is 1. The first-order chi connectivity index (χ1) is 21.1. The minimum atomic E-state index is -5.08. The molecule has 1 heterocycles. The van der Waals surface area contributed by atoms with E-state index in [0.717, 1.165) is 23.4 Å². The lowest BCUT2D eigenvalue weighted by Gasteiger charge is -2.20. The van der Waals surface area contributed by atoms with Crippen LogP contribution in [0, 0.1) is 6.92 Å². The number of ether oxygens (including phenoxy) is 1. The highest BCUT2D eigenvalue weighted by Crippen LogP contribution is 2.15. The highest BCUT2D eigenvalue weighted by Gasteiger charge is 2.38. The molecule has 1 atom stereocenters. The van der Waals surface area contributed by atoms with E-state index >= 15 is 0 Å². The number of para-hydroxylation sites is 1. The molecule has 1 aromatic heterocycles. The van der Waals surface area contributed by atoms with Gasteiger partial charge in [-0.3, -0.25) is 4.79 Å². The Kier molecular flexibility index (Phi) is 13.0. The van der Waals surface area contributed by atoms with Gasteiger partial charge in [-0.05, 0) is 36.6 Å². The highest BCUT2D eigenvalue weighted by molar-refractivity contribution is 5.84. The van der Waals surface area contributed by atoms with Gasteiger partial charge in [0.2, 0.25) is 11.9 Å². The number of alkyl halides is 3.